The molecule has 1 spiro atoms. The first kappa shape index (κ1) is 20.6. The molecule has 0 radical (unpaired) electrons. The molecule has 0 bridgehead atoms. The Bertz CT molecular complexity index is 840. The van der Waals surface area contributed by atoms with Gasteiger partial charge in [0.05, 0.1) is 35.0 Å². The summed E-state index contributed by atoms with van der Waals surface area (Å²) in [5.74, 6) is -0.616. The van der Waals surface area contributed by atoms with E-state index < -0.39 is 54.9 Å². The minimum absolute atomic E-state index is 0.0946. The van der Waals surface area contributed by atoms with Crippen LogP contribution in [0.4, 0.5) is 26.3 Å². The average Bonchev–Trinajstić information content (AvgIpc) is 3.15. The molecule has 1 unspecified atom stereocenters. The van der Waals surface area contributed by atoms with Crippen LogP contribution in [0.25, 0.3) is 0 Å². The van der Waals surface area contributed by atoms with Gasteiger partial charge in [0.25, 0.3) is 10.0 Å². The van der Waals surface area contributed by atoms with Gasteiger partial charge in [0, 0.05) is 12.2 Å². The number of sulfonamides is 1. The molecule has 0 saturated carbocycles. The van der Waals surface area contributed by atoms with Crippen molar-refractivity contribution in [2.24, 2.45) is 3.77 Å². The predicted octanol–water partition coefficient (Wildman–Crippen LogP) is 3.36. The fourth-order valence-electron chi connectivity index (χ4n) is 2.72. The third-order valence-corrected chi connectivity index (χ3v) is 7.89. The van der Waals surface area contributed by atoms with Crippen molar-refractivity contribution < 1.29 is 44.2 Å². The zero-order valence-corrected chi connectivity index (χ0v) is 15.1. The van der Waals surface area contributed by atoms with E-state index in [1.807, 2.05) is 0 Å². The summed E-state index contributed by atoms with van der Waals surface area (Å²) in [6, 6.07) is 0.184. The van der Waals surface area contributed by atoms with E-state index >= 15 is 0 Å². The molecule has 2 fully saturated rings. The maximum Gasteiger partial charge on any atom is 0.416 e. The van der Waals surface area contributed by atoms with Crippen LogP contribution < -0.4 is 0 Å². The highest BCUT2D eigenvalue weighted by Crippen LogP contribution is 2.38. The maximum absolute atomic E-state index is 12.9. The van der Waals surface area contributed by atoms with Crippen LogP contribution in [0, 0.1) is 0 Å². The first-order valence-electron chi connectivity index (χ1n) is 7.54. The third kappa shape index (κ3) is 4.46. The van der Waals surface area contributed by atoms with Crippen molar-refractivity contribution in [3.05, 3.63) is 29.3 Å². The van der Waals surface area contributed by atoms with Crippen molar-refractivity contribution in [3.8, 4) is 0 Å². The van der Waals surface area contributed by atoms with E-state index in [1.54, 1.807) is 0 Å². The van der Waals surface area contributed by atoms with Crippen molar-refractivity contribution in [2.75, 3.05) is 24.7 Å². The van der Waals surface area contributed by atoms with Gasteiger partial charge < -0.3 is 9.47 Å². The summed E-state index contributed by atoms with van der Waals surface area (Å²) >= 11 is 0. The van der Waals surface area contributed by atoms with E-state index in [-0.39, 0.29) is 29.7 Å². The van der Waals surface area contributed by atoms with E-state index in [2.05, 4.69) is 3.77 Å². The molecular weight excluding hydrogens is 424 g/mol. The lowest BCUT2D eigenvalue weighted by Crippen LogP contribution is -2.30. The molecule has 0 aromatic heterocycles. The molecule has 1 aromatic rings. The topological polar surface area (TPSA) is 65.0 Å². The van der Waals surface area contributed by atoms with Gasteiger partial charge in [0.15, 0.2) is 5.79 Å². The number of ether oxygens (including phenoxy) is 2. The van der Waals surface area contributed by atoms with E-state index in [9.17, 15) is 34.8 Å². The zero-order chi connectivity index (χ0) is 20.1. The lowest BCUT2D eigenvalue weighted by atomic mass is 10.1. The summed E-state index contributed by atoms with van der Waals surface area (Å²) in [4.78, 5) is -1.15. The molecule has 3 rings (SSSR count). The SMILES string of the molecule is O=S(=O)(/N=S1\CCC2(C1)OCCO2)c1cc(C(F)(F)F)cc(C(F)(F)F)c1. The molecule has 2 saturated heterocycles. The summed E-state index contributed by atoms with van der Waals surface area (Å²) in [5, 5.41) is 0. The second-order valence-corrected chi connectivity index (χ2v) is 9.60. The van der Waals surface area contributed by atoms with Crippen LogP contribution in [0.3, 0.4) is 0 Å². The van der Waals surface area contributed by atoms with Gasteiger partial charge in [-0.25, -0.2) is 0 Å². The summed E-state index contributed by atoms with van der Waals surface area (Å²) in [6.07, 6.45) is -9.93. The number of halogens is 6. The first-order valence-corrected chi connectivity index (χ1v) is 10.5. The Morgan fingerprint density at radius 1 is 0.963 bits per heavy atom. The Balaban J connectivity index is 2.00. The zero-order valence-electron chi connectivity index (χ0n) is 13.4. The van der Waals surface area contributed by atoms with Crippen LogP contribution in [-0.4, -0.2) is 38.9 Å². The van der Waals surface area contributed by atoms with Gasteiger partial charge in [-0.05, 0) is 18.2 Å². The van der Waals surface area contributed by atoms with E-state index in [1.165, 1.54) is 0 Å². The summed E-state index contributed by atoms with van der Waals surface area (Å²) in [6.45, 7) is 0.652. The number of hydrogen-bond acceptors (Lipinski definition) is 4. The van der Waals surface area contributed by atoms with Crippen LogP contribution in [0.2, 0.25) is 0 Å². The number of hydrogen-bond donors (Lipinski definition) is 0. The molecule has 0 amide bonds. The van der Waals surface area contributed by atoms with Crippen LogP contribution in [0.5, 0.6) is 0 Å². The molecule has 5 nitrogen and oxygen atoms in total. The minimum atomic E-state index is -5.14. The number of alkyl halides is 6. The normalized spacial score (nSPS) is 23.4. The standard InChI is InChI=1S/C14H13F6NO4S2/c15-13(16,17)9-5-10(14(18,19)20)7-11(6-9)27(22,23)21-26-4-1-12(8-26)24-2-3-25-12/h5-7H,1-4,8H2. The average molecular weight is 437 g/mol. The largest absolute Gasteiger partial charge is 0.416 e. The predicted molar refractivity (Wildman–Crippen MR) is 82.4 cm³/mol. The van der Waals surface area contributed by atoms with E-state index in [4.69, 9.17) is 9.47 Å². The Labute approximate surface area is 152 Å². The maximum atomic E-state index is 12.9. The molecule has 2 heterocycles. The minimum Gasteiger partial charge on any atom is -0.347 e. The van der Waals surface area contributed by atoms with Gasteiger partial charge in [-0.3, -0.25) is 0 Å². The summed E-state index contributed by atoms with van der Waals surface area (Å²) in [5.41, 5.74) is -3.42. The fraction of sp³-hybridized carbons (Fsp3) is 0.571. The van der Waals surface area contributed by atoms with Gasteiger partial charge in [-0.1, -0.05) is 10.7 Å². The molecular formula is C14H13F6NO4S2. The first-order chi connectivity index (χ1) is 12.3. The van der Waals surface area contributed by atoms with Crippen molar-refractivity contribution in [1.82, 2.24) is 0 Å². The van der Waals surface area contributed by atoms with Crippen molar-refractivity contribution in [3.63, 3.8) is 0 Å². The fourth-order valence-corrected chi connectivity index (χ4v) is 6.74. The summed E-state index contributed by atoms with van der Waals surface area (Å²) < 4.78 is 117. The van der Waals surface area contributed by atoms with Crippen LogP contribution in [-0.2, 0) is 42.5 Å². The highest BCUT2D eigenvalue weighted by atomic mass is 32.3. The molecule has 2 aliphatic heterocycles. The Morgan fingerprint density at radius 3 is 1.96 bits per heavy atom. The van der Waals surface area contributed by atoms with Gasteiger partial charge in [0.2, 0.25) is 0 Å². The van der Waals surface area contributed by atoms with E-state index in [0.29, 0.717) is 19.6 Å². The van der Waals surface area contributed by atoms with Gasteiger partial charge >= 0.3 is 12.4 Å². The third-order valence-electron chi connectivity index (χ3n) is 3.98. The van der Waals surface area contributed by atoms with E-state index in [0.717, 1.165) is 0 Å². The van der Waals surface area contributed by atoms with Gasteiger partial charge in [0.1, 0.15) is 0 Å². The highest BCUT2D eigenvalue weighted by molar-refractivity contribution is 8.00. The van der Waals surface area contributed by atoms with Crippen molar-refractivity contribution in [1.29, 1.82) is 0 Å². The van der Waals surface area contributed by atoms with Crippen molar-refractivity contribution >= 4 is 20.7 Å². The second kappa shape index (κ2) is 6.71. The molecule has 0 N–H and O–H groups in total. The van der Waals surface area contributed by atoms with Crippen molar-refractivity contribution in [2.45, 2.75) is 29.5 Å². The summed E-state index contributed by atoms with van der Waals surface area (Å²) in [7, 11) is -5.89. The Morgan fingerprint density at radius 2 is 1.48 bits per heavy atom. The smallest absolute Gasteiger partial charge is 0.347 e. The van der Waals surface area contributed by atoms with Gasteiger partial charge in [-0.2, -0.15) is 34.8 Å². The van der Waals surface area contributed by atoms with Crippen LogP contribution >= 0.6 is 0 Å². The number of nitrogens with zero attached hydrogens (tertiary/aromatic N) is 1. The number of rotatable bonds is 2. The van der Waals surface area contributed by atoms with Crippen LogP contribution in [0.15, 0.2) is 26.9 Å². The van der Waals surface area contributed by atoms with Crippen LogP contribution in [0.1, 0.15) is 17.5 Å². The molecule has 0 aliphatic carbocycles. The molecule has 1 aromatic carbocycles. The molecule has 2 aliphatic rings. The lowest BCUT2D eigenvalue weighted by molar-refractivity contribution is -0.143. The monoisotopic (exact) mass is 437 g/mol. The van der Waals surface area contributed by atoms with Gasteiger partial charge in [-0.15, -0.1) is 3.77 Å². The number of benzene rings is 1. The molecule has 152 valence electrons. The second-order valence-electron chi connectivity index (χ2n) is 5.96. The lowest BCUT2D eigenvalue weighted by Gasteiger charge is -2.19. The Hall–Kier alpha value is -1.18. The molecule has 1 atom stereocenters. The Kier molecular flexibility index (Phi) is 5.11. The quantitative estimate of drug-likeness (QED) is 0.666. The molecule has 27 heavy (non-hydrogen) atoms. The molecule has 13 heteroatoms. The highest BCUT2D eigenvalue weighted by Gasteiger charge is 2.43.